The molecular weight excluding hydrogens is 286 g/mol. The van der Waals surface area contributed by atoms with Crippen molar-refractivity contribution in [2.24, 2.45) is 17.3 Å². The maximum absolute atomic E-state index is 11.8. The van der Waals surface area contributed by atoms with Crippen molar-refractivity contribution in [3.63, 3.8) is 0 Å². The summed E-state index contributed by atoms with van der Waals surface area (Å²) in [5.74, 6) is 1.10. The van der Waals surface area contributed by atoms with Gasteiger partial charge in [0.05, 0.1) is 13.0 Å². The number of ether oxygens (including phenoxy) is 1. The van der Waals surface area contributed by atoms with Crippen molar-refractivity contribution in [1.29, 1.82) is 0 Å². The number of rotatable bonds is 13. The summed E-state index contributed by atoms with van der Waals surface area (Å²) in [5, 5.41) is 0. The van der Waals surface area contributed by atoms with Gasteiger partial charge in [-0.25, -0.2) is 0 Å². The van der Waals surface area contributed by atoms with Crippen LogP contribution in [-0.4, -0.2) is 37.1 Å². The van der Waals surface area contributed by atoms with E-state index >= 15 is 0 Å². The molecule has 0 aromatic heterocycles. The molecule has 0 aromatic rings. The van der Waals surface area contributed by atoms with Crippen LogP contribution < -0.4 is 0 Å². The maximum atomic E-state index is 11.8. The predicted molar refractivity (Wildman–Crippen MR) is 99.6 cm³/mol. The smallest absolute Gasteiger partial charge is 0.307 e. The summed E-state index contributed by atoms with van der Waals surface area (Å²) in [6, 6.07) is 0. The first kappa shape index (κ1) is 22.4. The van der Waals surface area contributed by atoms with E-state index in [0.717, 1.165) is 25.6 Å². The van der Waals surface area contributed by atoms with Gasteiger partial charge in [-0.3, -0.25) is 4.79 Å². The second kappa shape index (κ2) is 11.9. The standard InChI is InChI=1S/C20H41NO2/c1-8-13-20(6,7)18(9-2)11-14-21(10-3)15-12-19(22)23-16-17(4)5/h17-18H,8-16H2,1-7H3. The summed E-state index contributed by atoms with van der Waals surface area (Å²) in [5.41, 5.74) is 0.416. The molecule has 0 aliphatic rings. The molecule has 138 valence electrons. The van der Waals surface area contributed by atoms with Crippen LogP contribution in [0.1, 0.15) is 80.6 Å². The van der Waals surface area contributed by atoms with E-state index < -0.39 is 0 Å². The lowest BCUT2D eigenvalue weighted by Crippen LogP contribution is -2.32. The van der Waals surface area contributed by atoms with Gasteiger partial charge in [0.15, 0.2) is 0 Å². The fourth-order valence-electron chi connectivity index (χ4n) is 3.34. The van der Waals surface area contributed by atoms with E-state index in [1.807, 2.05) is 0 Å². The highest BCUT2D eigenvalue weighted by Gasteiger charge is 2.27. The summed E-state index contributed by atoms with van der Waals surface area (Å²) in [6.07, 6.45) is 5.51. The third kappa shape index (κ3) is 10.0. The van der Waals surface area contributed by atoms with Gasteiger partial charge in [-0.2, -0.15) is 0 Å². The average Bonchev–Trinajstić information content (AvgIpc) is 2.48. The van der Waals surface area contributed by atoms with Gasteiger partial charge in [0, 0.05) is 6.54 Å². The predicted octanol–water partition coefficient (Wildman–Crippen LogP) is 5.14. The zero-order valence-electron chi connectivity index (χ0n) is 16.8. The van der Waals surface area contributed by atoms with Gasteiger partial charge in [-0.1, -0.05) is 61.3 Å². The molecule has 0 aliphatic carbocycles. The summed E-state index contributed by atoms with van der Waals surface area (Å²) in [6.45, 7) is 19.1. The first-order valence-electron chi connectivity index (χ1n) is 9.64. The van der Waals surface area contributed by atoms with E-state index in [1.165, 1.54) is 25.7 Å². The van der Waals surface area contributed by atoms with Gasteiger partial charge in [-0.15, -0.1) is 0 Å². The first-order chi connectivity index (χ1) is 10.8. The van der Waals surface area contributed by atoms with Crippen LogP contribution in [0.15, 0.2) is 0 Å². The largest absolute Gasteiger partial charge is 0.465 e. The van der Waals surface area contributed by atoms with Crippen molar-refractivity contribution in [1.82, 2.24) is 4.90 Å². The molecule has 1 unspecified atom stereocenters. The van der Waals surface area contributed by atoms with Crippen molar-refractivity contribution in [2.45, 2.75) is 80.6 Å². The topological polar surface area (TPSA) is 29.5 Å². The Labute approximate surface area is 145 Å². The van der Waals surface area contributed by atoms with Gasteiger partial charge < -0.3 is 9.64 Å². The minimum absolute atomic E-state index is 0.0597. The molecule has 0 N–H and O–H groups in total. The van der Waals surface area contributed by atoms with Crippen LogP contribution in [0.5, 0.6) is 0 Å². The van der Waals surface area contributed by atoms with Crippen LogP contribution in [0.2, 0.25) is 0 Å². The van der Waals surface area contributed by atoms with Gasteiger partial charge in [0.1, 0.15) is 0 Å². The van der Waals surface area contributed by atoms with Crippen LogP contribution >= 0.6 is 0 Å². The van der Waals surface area contributed by atoms with E-state index in [1.54, 1.807) is 0 Å². The lowest BCUT2D eigenvalue weighted by Gasteiger charge is -2.35. The van der Waals surface area contributed by atoms with Crippen LogP contribution in [-0.2, 0) is 9.53 Å². The van der Waals surface area contributed by atoms with Crippen LogP contribution in [0.3, 0.4) is 0 Å². The molecule has 3 heteroatoms. The molecule has 1 atom stereocenters. The lowest BCUT2D eigenvalue weighted by molar-refractivity contribution is -0.145. The van der Waals surface area contributed by atoms with Gasteiger partial charge >= 0.3 is 5.97 Å². The van der Waals surface area contributed by atoms with Gasteiger partial charge in [-0.05, 0) is 43.2 Å². The van der Waals surface area contributed by atoms with E-state index in [-0.39, 0.29) is 5.97 Å². The van der Waals surface area contributed by atoms with Crippen molar-refractivity contribution in [3.05, 3.63) is 0 Å². The van der Waals surface area contributed by atoms with Gasteiger partial charge in [0.2, 0.25) is 0 Å². The van der Waals surface area contributed by atoms with Crippen molar-refractivity contribution >= 4 is 5.97 Å². The maximum Gasteiger partial charge on any atom is 0.307 e. The molecule has 0 aromatic carbocycles. The number of carbonyl (C=O) groups is 1. The number of esters is 1. The lowest BCUT2D eigenvalue weighted by atomic mass is 9.72. The minimum atomic E-state index is -0.0597. The molecule has 0 aliphatic heterocycles. The molecule has 0 fully saturated rings. The molecule has 0 saturated carbocycles. The van der Waals surface area contributed by atoms with Crippen molar-refractivity contribution in [3.8, 4) is 0 Å². The molecule has 0 rings (SSSR count). The normalized spacial score (nSPS) is 13.6. The molecule has 0 amide bonds. The first-order valence-corrected chi connectivity index (χ1v) is 9.64. The molecule has 3 nitrogen and oxygen atoms in total. The summed E-state index contributed by atoms with van der Waals surface area (Å²) in [4.78, 5) is 14.1. The third-order valence-electron chi connectivity index (χ3n) is 4.94. The van der Waals surface area contributed by atoms with Crippen molar-refractivity contribution in [2.75, 3.05) is 26.2 Å². The highest BCUT2D eigenvalue weighted by Crippen LogP contribution is 2.36. The summed E-state index contributed by atoms with van der Waals surface area (Å²) < 4.78 is 5.27. The quantitative estimate of drug-likeness (QED) is 0.439. The fraction of sp³-hybridized carbons (Fsp3) is 0.950. The van der Waals surface area contributed by atoms with E-state index in [0.29, 0.717) is 24.4 Å². The molecule has 0 spiro atoms. The Kier molecular flexibility index (Phi) is 11.6. The second-order valence-electron chi connectivity index (χ2n) is 7.89. The average molecular weight is 328 g/mol. The Balaban J connectivity index is 4.24. The molecule has 0 heterocycles. The minimum Gasteiger partial charge on any atom is -0.465 e. The molecule has 0 bridgehead atoms. The molecule has 0 radical (unpaired) electrons. The van der Waals surface area contributed by atoms with Gasteiger partial charge in [0.25, 0.3) is 0 Å². The Morgan fingerprint density at radius 2 is 1.78 bits per heavy atom. The van der Waals surface area contributed by atoms with Crippen LogP contribution in [0.4, 0.5) is 0 Å². The summed E-state index contributed by atoms with van der Waals surface area (Å²) >= 11 is 0. The number of hydrogen-bond acceptors (Lipinski definition) is 3. The fourth-order valence-corrected chi connectivity index (χ4v) is 3.34. The SMILES string of the molecule is CCCC(C)(C)C(CC)CCN(CC)CCC(=O)OCC(C)C. The van der Waals surface area contributed by atoms with E-state index in [4.69, 9.17) is 4.74 Å². The zero-order valence-corrected chi connectivity index (χ0v) is 16.8. The number of carbonyl (C=O) groups excluding carboxylic acids is 1. The Bertz CT molecular complexity index is 313. The Morgan fingerprint density at radius 3 is 2.26 bits per heavy atom. The third-order valence-corrected chi connectivity index (χ3v) is 4.94. The Hall–Kier alpha value is -0.570. The highest BCUT2D eigenvalue weighted by molar-refractivity contribution is 5.69. The van der Waals surface area contributed by atoms with E-state index in [2.05, 4.69) is 53.4 Å². The number of nitrogens with zero attached hydrogens (tertiary/aromatic N) is 1. The molecular formula is C20H41NO2. The van der Waals surface area contributed by atoms with Crippen molar-refractivity contribution < 1.29 is 9.53 Å². The highest BCUT2D eigenvalue weighted by atomic mass is 16.5. The van der Waals surface area contributed by atoms with Crippen LogP contribution in [0.25, 0.3) is 0 Å². The number of hydrogen-bond donors (Lipinski definition) is 0. The monoisotopic (exact) mass is 327 g/mol. The van der Waals surface area contributed by atoms with Crippen LogP contribution in [0, 0.1) is 17.3 Å². The second-order valence-corrected chi connectivity index (χ2v) is 7.89. The molecule has 23 heavy (non-hydrogen) atoms. The summed E-state index contributed by atoms with van der Waals surface area (Å²) in [7, 11) is 0. The van der Waals surface area contributed by atoms with E-state index in [9.17, 15) is 4.79 Å². The zero-order chi connectivity index (χ0) is 17.9. The molecule has 0 saturated heterocycles. The Morgan fingerprint density at radius 1 is 1.13 bits per heavy atom.